The largest absolute Gasteiger partial charge is 0.448 e. The number of oxazole rings is 1. The number of anilines is 1. The summed E-state index contributed by atoms with van der Waals surface area (Å²) in [4.78, 5) is 17.5. The van der Waals surface area contributed by atoms with Gasteiger partial charge in [-0.05, 0) is 12.1 Å². The second-order valence-corrected chi connectivity index (χ2v) is 3.45. The lowest BCUT2D eigenvalue weighted by Gasteiger charge is -2.15. The van der Waals surface area contributed by atoms with Crippen LogP contribution in [0.2, 0.25) is 0 Å². The van der Waals surface area contributed by atoms with Crippen LogP contribution in [-0.4, -0.2) is 17.9 Å². The molecule has 2 rings (SSSR count). The van der Waals surface area contributed by atoms with Crippen LogP contribution in [0.5, 0.6) is 0 Å². The van der Waals surface area contributed by atoms with Crippen LogP contribution in [0.1, 0.15) is 16.4 Å². The van der Waals surface area contributed by atoms with E-state index in [1.165, 1.54) is 11.2 Å². The minimum atomic E-state index is -0.178. The smallest absolute Gasteiger partial charge is 0.279 e. The van der Waals surface area contributed by atoms with E-state index in [9.17, 15) is 4.79 Å². The molecule has 0 aliphatic carbocycles. The molecular weight excluding hydrogens is 204 g/mol. The Kier molecular flexibility index (Phi) is 2.72. The standard InChI is InChI=1S/C12H12N2O2/c1-9-13-11(8-16-9)12(15)14(2)10-6-4-3-5-7-10/h3-8H,1-2H3. The molecule has 0 saturated carbocycles. The van der Waals surface area contributed by atoms with E-state index in [-0.39, 0.29) is 5.91 Å². The Morgan fingerprint density at radius 2 is 2.00 bits per heavy atom. The van der Waals surface area contributed by atoms with E-state index in [0.717, 1.165) is 5.69 Å². The summed E-state index contributed by atoms with van der Waals surface area (Å²) in [5.74, 6) is 0.313. The normalized spacial score (nSPS) is 10.1. The van der Waals surface area contributed by atoms with Crippen LogP contribution < -0.4 is 4.90 Å². The van der Waals surface area contributed by atoms with E-state index >= 15 is 0 Å². The number of hydrogen-bond acceptors (Lipinski definition) is 3. The molecule has 0 saturated heterocycles. The molecule has 0 aliphatic heterocycles. The molecule has 1 aromatic carbocycles. The third-order valence-corrected chi connectivity index (χ3v) is 2.29. The molecule has 16 heavy (non-hydrogen) atoms. The highest BCUT2D eigenvalue weighted by molar-refractivity contribution is 6.04. The number of benzene rings is 1. The van der Waals surface area contributed by atoms with Gasteiger partial charge >= 0.3 is 0 Å². The summed E-state index contributed by atoms with van der Waals surface area (Å²) in [5, 5.41) is 0. The Morgan fingerprint density at radius 3 is 2.56 bits per heavy atom. The fourth-order valence-electron chi connectivity index (χ4n) is 1.40. The van der Waals surface area contributed by atoms with Crippen molar-refractivity contribution < 1.29 is 9.21 Å². The van der Waals surface area contributed by atoms with E-state index in [0.29, 0.717) is 11.6 Å². The zero-order valence-electron chi connectivity index (χ0n) is 9.18. The number of rotatable bonds is 2. The molecule has 0 N–H and O–H groups in total. The molecule has 0 unspecified atom stereocenters. The van der Waals surface area contributed by atoms with Gasteiger partial charge in [-0.2, -0.15) is 0 Å². The highest BCUT2D eigenvalue weighted by Crippen LogP contribution is 2.14. The molecule has 1 aromatic heterocycles. The molecule has 0 bridgehead atoms. The molecule has 0 fully saturated rings. The van der Waals surface area contributed by atoms with Gasteiger partial charge < -0.3 is 9.32 Å². The molecule has 1 amide bonds. The first-order chi connectivity index (χ1) is 7.68. The zero-order chi connectivity index (χ0) is 11.5. The summed E-state index contributed by atoms with van der Waals surface area (Å²) < 4.78 is 5.01. The Balaban J connectivity index is 2.23. The lowest BCUT2D eigenvalue weighted by Crippen LogP contribution is -2.26. The quantitative estimate of drug-likeness (QED) is 0.773. The van der Waals surface area contributed by atoms with Crippen molar-refractivity contribution in [2.45, 2.75) is 6.92 Å². The van der Waals surface area contributed by atoms with Crippen molar-refractivity contribution in [2.24, 2.45) is 0 Å². The molecule has 82 valence electrons. The first-order valence-corrected chi connectivity index (χ1v) is 4.93. The van der Waals surface area contributed by atoms with Gasteiger partial charge in [0, 0.05) is 19.7 Å². The van der Waals surface area contributed by atoms with E-state index in [2.05, 4.69) is 4.98 Å². The van der Waals surface area contributed by atoms with E-state index < -0.39 is 0 Å². The Hall–Kier alpha value is -2.10. The molecular formula is C12H12N2O2. The van der Waals surface area contributed by atoms with Crippen LogP contribution >= 0.6 is 0 Å². The minimum absolute atomic E-state index is 0.178. The van der Waals surface area contributed by atoms with E-state index in [4.69, 9.17) is 4.42 Å². The predicted molar refractivity (Wildman–Crippen MR) is 60.4 cm³/mol. The topological polar surface area (TPSA) is 46.3 Å². The van der Waals surface area contributed by atoms with Gasteiger partial charge in [0.2, 0.25) is 0 Å². The third-order valence-electron chi connectivity index (χ3n) is 2.29. The fraction of sp³-hybridized carbons (Fsp3) is 0.167. The number of carbonyl (C=O) groups is 1. The molecule has 4 nitrogen and oxygen atoms in total. The second kappa shape index (κ2) is 4.18. The number of aromatic nitrogens is 1. The monoisotopic (exact) mass is 216 g/mol. The van der Waals surface area contributed by atoms with Crippen LogP contribution in [-0.2, 0) is 0 Å². The highest BCUT2D eigenvalue weighted by Gasteiger charge is 2.16. The number of para-hydroxylation sites is 1. The fourth-order valence-corrected chi connectivity index (χ4v) is 1.40. The van der Waals surface area contributed by atoms with E-state index in [1.54, 1.807) is 14.0 Å². The van der Waals surface area contributed by atoms with E-state index in [1.807, 2.05) is 30.3 Å². The highest BCUT2D eigenvalue weighted by atomic mass is 16.3. The summed E-state index contributed by atoms with van der Waals surface area (Å²) in [7, 11) is 1.71. The molecule has 2 aromatic rings. The Labute approximate surface area is 93.5 Å². The number of amides is 1. The third kappa shape index (κ3) is 1.95. The number of nitrogens with zero attached hydrogens (tertiary/aromatic N) is 2. The zero-order valence-corrected chi connectivity index (χ0v) is 9.18. The molecule has 0 spiro atoms. The maximum Gasteiger partial charge on any atom is 0.279 e. The first-order valence-electron chi connectivity index (χ1n) is 4.93. The van der Waals surface area contributed by atoms with Crippen molar-refractivity contribution in [1.82, 2.24) is 4.98 Å². The van der Waals surface area contributed by atoms with Crippen LogP contribution in [0.3, 0.4) is 0 Å². The summed E-state index contributed by atoms with van der Waals surface area (Å²) in [6.45, 7) is 1.71. The summed E-state index contributed by atoms with van der Waals surface area (Å²) in [5.41, 5.74) is 1.15. The van der Waals surface area contributed by atoms with Gasteiger partial charge in [0.1, 0.15) is 6.26 Å². The van der Waals surface area contributed by atoms with Crippen LogP contribution in [0, 0.1) is 6.92 Å². The van der Waals surface area contributed by atoms with Gasteiger partial charge in [0.15, 0.2) is 11.6 Å². The Morgan fingerprint density at radius 1 is 1.31 bits per heavy atom. The Bertz CT molecular complexity index is 491. The van der Waals surface area contributed by atoms with Crippen molar-refractivity contribution >= 4 is 11.6 Å². The minimum Gasteiger partial charge on any atom is -0.448 e. The lowest BCUT2D eigenvalue weighted by molar-refractivity contribution is 0.0988. The van der Waals surface area contributed by atoms with Crippen molar-refractivity contribution in [3.63, 3.8) is 0 Å². The maximum atomic E-state index is 12.0. The van der Waals surface area contributed by atoms with Crippen molar-refractivity contribution in [2.75, 3.05) is 11.9 Å². The molecule has 1 heterocycles. The van der Waals surface area contributed by atoms with Gasteiger partial charge in [-0.1, -0.05) is 18.2 Å². The van der Waals surface area contributed by atoms with Gasteiger partial charge in [0.25, 0.3) is 5.91 Å². The summed E-state index contributed by atoms with van der Waals surface area (Å²) >= 11 is 0. The summed E-state index contributed by atoms with van der Waals surface area (Å²) in [6, 6.07) is 9.40. The van der Waals surface area contributed by atoms with Gasteiger partial charge in [-0.3, -0.25) is 4.79 Å². The molecule has 0 radical (unpaired) electrons. The van der Waals surface area contributed by atoms with Gasteiger partial charge in [0.05, 0.1) is 0 Å². The van der Waals surface area contributed by atoms with Crippen LogP contribution in [0.15, 0.2) is 41.0 Å². The van der Waals surface area contributed by atoms with Gasteiger partial charge in [-0.15, -0.1) is 0 Å². The molecule has 0 aliphatic rings. The van der Waals surface area contributed by atoms with Crippen molar-refractivity contribution in [3.8, 4) is 0 Å². The second-order valence-electron chi connectivity index (χ2n) is 3.45. The van der Waals surface area contributed by atoms with Crippen molar-refractivity contribution in [3.05, 3.63) is 48.2 Å². The van der Waals surface area contributed by atoms with Crippen molar-refractivity contribution in [1.29, 1.82) is 0 Å². The average Bonchev–Trinajstić information content (AvgIpc) is 2.75. The lowest BCUT2D eigenvalue weighted by atomic mass is 10.3. The number of hydrogen-bond donors (Lipinski definition) is 0. The molecule has 0 atom stereocenters. The number of carbonyl (C=O) groups excluding carboxylic acids is 1. The SMILES string of the molecule is Cc1nc(C(=O)N(C)c2ccccc2)co1. The maximum absolute atomic E-state index is 12.0. The summed E-state index contributed by atoms with van der Waals surface area (Å²) in [6.07, 6.45) is 1.37. The average molecular weight is 216 g/mol. The van der Waals surface area contributed by atoms with Crippen LogP contribution in [0.4, 0.5) is 5.69 Å². The first kappa shape index (κ1) is 10.4. The van der Waals surface area contributed by atoms with Crippen LogP contribution in [0.25, 0.3) is 0 Å². The number of aryl methyl sites for hydroxylation is 1. The van der Waals surface area contributed by atoms with Gasteiger partial charge in [-0.25, -0.2) is 4.98 Å². The predicted octanol–water partition coefficient (Wildman–Crippen LogP) is 2.26. The molecule has 4 heteroatoms.